The highest BCUT2D eigenvalue weighted by molar-refractivity contribution is 7.81. The van der Waals surface area contributed by atoms with E-state index in [-0.39, 0.29) is 0 Å². The van der Waals surface area contributed by atoms with Crippen molar-refractivity contribution in [3.8, 4) is 0 Å². The van der Waals surface area contributed by atoms with Crippen LogP contribution in [0.4, 0.5) is 0 Å². The molecular weight excluding hydrogens is 182 g/mol. The zero-order valence-corrected chi connectivity index (χ0v) is 7.26. The number of hydrogen-bond donors (Lipinski definition) is 5. The van der Waals surface area contributed by atoms with E-state index in [1.807, 2.05) is 0 Å². The molecule has 0 aliphatic rings. The molecule has 0 bridgehead atoms. The lowest BCUT2D eigenvalue weighted by Gasteiger charge is -2.23. The summed E-state index contributed by atoms with van der Waals surface area (Å²) in [6, 6.07) is -1.15. The first kappa shape index (κ1) is 11.9. The molecule has 12 heavy (non-hydrogen) atoms. The second-order valence-electron chi connectivity index (χ2n) is 2.44. The van der Waals surface area contributed by atoms with Crippen LogP contribution in [0.2, 0.25) is 0 Å². The quantitative estimate of drug-likeness (QED) is 0.247. The number of nitrogens with two attached hydrogens (primary N) is 1. The molecule has 5 N–H and O–H groups in total. The van der Waals surface area contributed by atoms with Gasteiger partial charge in [0.25, 0.3) is 0 Å². The van der Waals surface area contributed by atoms with Crippen LogP contribution >= 0.6 is 12.6 Å². The summed E-state index contributed by atoms with van der Waals surface area (Å²) in [4.78, 5) is 10.1. The molecule has 4 atom stereocenters. The highest BCUT2D eigenvalue weighted by Gasteiger charge is 2.27. The summed E-state index contributed by atoms with van der Waals surface area (Å²) in [5.74, 6) is 0. The molecule has 0 fully saturated rings. The molecule has 0 saturated heterocycles. The normalized spacial score (nSPS) is 21.1. The molecule has 0 saturated carbocycles. The lowest BCUT2D eigenvalue weighted by atomic mass is 10.0. The molecule has 72 valence electrons. The minimum atomic E-state index is -1.39. The Balaban J connectivity index is 4.07. The van der Waals surface area contributed by atoms with Gasteiger partial charge in [0.05, 0.1) is 24.0 Å². The van der Waals surface area contributed by atoms with Gasteiger partial charge in [0.2, 0.25) is 0 Å². The molecule has 0 radical (unpaired) electrons. The Morgan fingerprint density at radius 1 is 1.42 bits per heavy atom. The van der Waals surface area contributed by atoms with Crippen LogP contribution in [-0.4, -0.2) is 51.7 Å². The highest BCUT2D eigenvalue weighted by Crippen LogP contribution is 2.07. The molecule has 0 unspecified atom stereocenters. The Morgan fingerprint density at radius 3 is 2.25 bits per heavy atom. The van der Waals surface area contributed by atoms with E-state index < -0.39 is 30.1 Å². The molecular formula is C6H13NO4S. The van der Waals surface area contributed by atoms with Crippen molar-refractivity contribution in [2.24, 2.45) is 5.73 Å². The van der Waals surface area contributed by atoms with Gasteiger partial charge in [-0.15, -0.1) is 0 Å². The predicted octanol–water partition coefficient (Wildman–Crippen LogP) is -2.47. The first-order chi connectivity index (χ1) is 5.54. The second-order valence-corrected chi connectivity index (χ2v) is 3.11. The van der Waals surface area contributed by atoms with Gasteiger partial charge in [-0.25, -0.2) is 0 Å². The van der Waals surface area contributed by atoms with Crippen molar-refractivity contribution in [2.75, 3.05) is 6.61 Å². The van der Waals surface area contributed by atoms with E-state index in [4.69, 9.17) is 21.1 Å². The first-order valence-corrected chi connectivity index (χ1v) is 3.92. The van der Waals surface area contributed by atoms with E-state index in [2.05, 4.69) is 12.6 Å². The topological polar surface area (TPSA) is 104 Å². The van der Waals surface area contributed by atoms with Crippen LogP contribution in [0, 0.1) is 0 Å². The largest absolute Gasteiger partial charge is 0.395 e. The summed E-state index contributed by atoms with van der Waals surface area (Å²) < 4.78 is 0. The smallest absolute Gasteiger partial charge is 0.139 e. The number of carbonyl (C=O) groups excluding carboxylic acids is 1. The van der Waals surface area contributed by atoms with Crippen molar-refractivity contribution in [3.63, 3.8) is 0 Å². The number of thiol groups is 1. The van der Waals surface area contributed by atoms with Gasteiger partial charge in [0, 0.05) is 0 Å². The number of aliphatic hydroxyl groups excluding tert-OH is 3. The third kappa shape index (κ3) is 3.08. The Morgan fingerprint density at radius 2 is 1.92 bits per heavy atom. The molecule has 0 amide bonds. The number of aliphatic hydroxyl groups is 3. The standard InChI is InChI=1S/C6H13NO4S/c7-3(1-8)5(10)6(11)4(12)2-9/h1,3-6,9-12H,2,7H2/t3-,4+,5-,6+/m0/s1. The van der Waals surface area contributed by atoms with Crippen molar-refractivity contribution in [2.45, 2.75) is 23.5 Å². The van der Waals surface area contributed by atoms with E-state index in [1.165, 1.54) is 0 Å². The lowest BCUT2D eigenvalue weighted by Crippen LogP contribution is -2.48. The Bertz CT molecular complexity index is 146. The van der Waals surface area contributed by atoms with Crippen molar-refractivity contribution >= 4 is 18.9 Å². The Kier molecular flexibility index (Phi) is 5.43. The van der Waals surface area contributed by atoms with Gasteiger partial charge in [-0.05, 0) is 0 Å². The van der Waals surface area contributed by atoms with Crippen LogP contribution in [0.3, 0.4) is 0 Å². The van der Waals surface area contributed by atoms with E-state index in [1.54, 1.807) is 0 Å². The van der Waals surface area contributed by atoms with Crippen molar-refractivity contribution in [1.82, 2.24) is 0 Å². The molecule has 0 heterocycles. The minimum Gasteiger partial charge on any atom is -0.395 e. The van der Waals surface area contributed by atoms with Gasteiger partial charge >= 0.3 is 0 Å². The van der Waals surface area contributed by atoms with E-state index in [0.717, 1.165) is 0 Å². The number of carbonyl (C=O) groups is 1. The number of hydrogen-bond acceptors (Lipinski definition) is 6. The number of rotatable bonds is 5. The molecule has 0 aromatic heterocycles. The van der Waals surface area contributed by atoms with Gasteiger partial charge < -0.3 is 25.8 Å². The summed E-state index contributed by atoms with van der Waals surface area (Å²) in [6.07, 6.45) is -2.37. The molecule has 0 aliphatic heterocycles. The van der Waals surface area contributed by atoms with Gasteiger partial charge in [-0.2, -0.15) is 12.6 Å². The van der Waals surface area contributed by atoms with Gasteiger partial charge in [0.1, 0.15) is 12.4 Å². The summed E-state index contributed by atoms with van der Waals surface area (Å²) in [5, 5.41) is 26.0. The number of aldehydes is 1. The second kappa shape index (κ2) is 5.50. The van der Waals surface area contributed by atoms with Crippen LogP contribution in [-0.2, 0) is 4.79 Å². The van der Waals surface area contributed by atoms with Crippen LogP contribution in [0.25, 0.3) is 0 Å². The maximum atomic E-state index is 10.1. The van der Waals surface area contributed by atoms with E-state index in [9.17, 15) is 4.79 Å². The average Bonchev–Trinajstić information content (AvgIpc) is 2.12. The van der Waals surface area contributed by atoms with Crippen molar-refractivity contribution in [3.05, 3.63) is 0 Å². The van der Waals surface area contributed by atoms with Crippen LogP contribution in [0.1, 0.15) is 0 Å². The third-order valence-corrected chi connectivity index (χ3v) is 1.95. The van der Waals surface area contributed by atoms with Crippen molar-refractivity contribution in [1.29, 1.82) is 0 Å². The summed E-state index contributed by atoms with van der Waals surface area (Å²) in [5.41, 5.74) is 5.12. The Hall–Kier alpha value is -0.140. The molecule has 0 aromatic rings. The molecule has 6 heteroatoms. The van der Waals surface area contributed by atoms with Crippen molar-refractivity contribution < 1.29 is 20.1 Å². The monoisotopic (exact) mass is 195 g/mol. The van der Waals surface area contributed by atoms with Gasteiger partial charge in [0.15, 0.2) is 0 Å². The van der Waals surface area contributed by atoms with Crippen LogP contribution in [0.15, 0.2) is 0 Å². The van der Waals surface area contributed by atoms with E-state index in [0.29, 0.717) is 6.29 Å². The van der Waals surface area contributed by atoms with E-state index >= 15 is 0 Å². The highest BCUT2D eigenvalue weighted by atomic mass is 32.1. The average molecular weight is 195 g/mol. The maximum Gasteiger partial charge on any atom is 0.139 e. The van der Waals surface area contributed by atoms with Crippen LogP contribution in [0.5, 0.6) is 0 Å². The lowest BCUT2D eigenvalue weighted by molar-refractivity contribution is -0.113. The summed E-state index contributed by atoms with van der Waals surface area (Å²) in [6.45, 7) is -0.396. The fraction of sp³-hybridized carbons (Fsp3) is 0.833. The summed E-state index contributed by atoms with van der Waals surface area (Å²) >= 11 is 3.77. The van der Waals surface area contributed by atoms with Gasteiger partial charge in [-0.1, -0.05) is 0 Å². The predicted molar refractivity (Wildman–Crippen MR) is 45.9 cm³/mol. The molecule has 0 rings (SSSR count). The molecule has 0 aliphatic carbocycles. The first-order valence-electron chi connectivity index (χ1n) is 3.40. The minimum absolute atomic E-state index is 0.325. The fourth-order valence-electron chi connectivity index (χ4n) is 0.644. The summed E-state index contributed by atoms with van der Waals surface area (Å²) in [7, 11) is 0. The zero-order valence-electron chi connectivity index (χ0n) is 6.37. The maximum absolute atomic E-state index is 10.1. The zero-order chi connectivity index (χ0) is 9.72. The molecule has 0 spiro atoms. The van der Waals surface area contributed by atoms with Gasteiger partial charge in [-0.3, -0.25) is 0 Å². The SMILES string of the molecule is N[C@@H](C=O)[C@H](O)[C@H](O)[C@H](S)CO. The molecule has 5 nitrogen and oxygen atoms in total. The Labute approximate surface area is 75.6 Å². The fourth-order valence-corrected chi connectivity index (χ4v) is 0.820. The van der Waals surface area contributed by atoms with Crippen LogP contribution < -0.4 is 5.73 Å². The molecule has 0 aromatic carbocycles. The third-order valence-electron chi connectivity index (χ3n) is 1.48.